The summed E-state index contributed by atoms with van der Waals surface area (Å²) in [5.41, 5.74) is 6.82. The third-order valence-corrected chi connectivity index (χ3v) is 17.7. The predicted octanol–water partition coefficient (Wildman–Crippen LogP) is 12.3. The standard InChI is InChI=1S/C22H20BrCl2NO3S.C22H20BrCl2NO2S/c1-12-5-14(3-4-18(12)19(27)6-13-10-30(28)11-13)20-21(23)22(2,29-26-20)15-7-16(24)9-17(25)8-15;1-12-5-14(3-4-18(12)19(27)6-13-10-29-11-13)20-21(23)22(2,28-26-20)15-7-16(24)9-17(25)8-15/h3-5,7-9,13,21H,6,10-11H2,1-2H3;3-5,7-9,13,21H,6,10-11H2,1-2H3. The Bertz CT molecular complexity index is 2380. The van der Waals surface area contributed by atoms with Crippen LogP contribution >= 0.6 is 90.0 Å². The third kappa shape index (κ3) is 9.58. The number of ketones is 2. The highest BCUT2D eigenvalue weighted by Gasteiger charge is 2.47. The first-order valence-corrected chi connectivity index (χ1v) is 24.9. The maximum Gasteiger partial charge on any atom is 0.178 e. The number of benzene rings is 4. The smallest absolute Gasteiger partial charge is 0.178 e. The van der Waals surface area contributed by atoms with Crippen LogP contribution < -0.4 is 0 Å². The summed E-state index contributed by atoms with van der Waals surface area (Å²) < 4.78 is 11.3. The van der Waals surface area contributed by atoms with E-state index in [2.05, 4.69) is 42.2 Å². The topological polar surface area (TPSA) is 94.4 Å². The minimum Gasteiger partial charge on any atom is -0.383 e. The Morgan fingerprint density at radius 3 is 1.41 bits per heavy atom. The fourth-order valence-corrected chi connectivity index (χ4v) is 11.9. The number of nitrogens with zero attached hydrogens (tertiary/aromatic N) is 2. The van der Waals surface area contributed by atoms with Crippen molar-refractivity contribution in [3.63, 3.8) is 0 Å². The van der Waals surface area contributed by atoms with Gasteiger partial charge in [0.05, 0.1) is 0 Å². The summed E-state index contributed by atoms with van der Waals surface area (Å²) in [6.45, 7) is 7.78. The minimum atomic E-state index is -0.772. The van der Waals surface area contributed by atoms with Gasteiger partial charge in [-0.15, -0.1) is 0 Å². The Morgan fingerprint density at radius 1 is 0.678 bits per heavy atom. The van der Waals surface area contributed by atoms with Crippen LogP contribution in [0.1, 0.15) is 80.8 Å². The van der Waals surface area contributed by atoms with Gasteiger partial charge in [0.2, 0.25) is 0 Å². The van der Waals surface area contributed by atoms with Gasteiger partial charge < -0.3 is 9.68 Å². The van der Waals surface area contributed by atoms with Crippen molar-refractivity contribution in [3.8, 4) is 0 Å². The Balaban J connectivity index is 0.000000179. The van der Waals surface area contributed by atoms with Crippen LogP contribution in [0.25, 0.3) is 0 Å². The zero-order chi connectivity index (χ0) is 42.4. The molecule has 0 N–H and O–H groups in total. The van der Waals surface area contributed by atoms with Crippen LogP contribution in [-0.4, -0.2) is 59.9 Å². The lowest BCUT2D eigenvalue weighted by Crippen LogP contribution is -2.34. The average molecular weight is 1040 g/mol. The third-order valence-electron chi connectivity index (χ3n) is 11.1. The van der Waals surface area contributed by atoms with Gasteiger partial charge in [-0.3, -0.25) is 13.8 Å². The lowest BCUT2D eigenvalue weighted by atomic mass is 9.88. The molecule has 4 unspecified atom stereocenters. The maximum absolute atomic E-state index is 12.6. The zero-order valence-corrected chi connectivity index (χ0v) is 40.3. The molecular weight excluding hydrogens is 1000 g/mol. The van der Waals surface area contributed by atoms with Gasteiger partial charge in [0.1, 0.15) is 21.1 Å². The summed E-state index contributed by atoms with van der Waals surface area (Å²) in [6, 6.07) is 22.3. The number of rotatable bonds is 10. The molecule has 0 spiro atoms. The lowest BCUT2D eigenvalue weighted by molar-refractivity contribution is -0.00320. The van der Waals surface area contributed by atoms with E-state index in [-0.39, 0.29) is 27.1 Å². The Kier molecular flexibility index (Phi) is 13.9. The molecule has 4 aromatic rings. The van der Waals surface area contributed by atoms with Crippen LogP contribution in [0.2, 0.25) is 20.1 Å². The number of thioether (sulfide) groups is 1. The van der Waals surface area contributed by atoms with E-state index in [1.54, 1.807) is 12.1 Å². The predicted molar refractivity (Wildman–Crippen MR) is 251 cm³/mol. The molecule has 4 atom stereocenters. The summed E-state index contributed by atoms with van der Waals surface area (Å²) in [7, 11) is -0.740. The van der Waals surface area contributed by atoms with E-state index in [4.69, 9.17) is 56.1 Å². The van der Waals surface area contributed by atoms with Crippen LogP contribution in [0, 0.1) is 25.7 Å². The summed E-state index contributed by atoms with van der Waals surface area (Å²) in [5.74, 6) is 4.53. The average Bonchev–Trinajstić information content (AvgIpc) is 3.63. The Labute approximate surface area is 388 Å². The summed E-state index contributed by atoms with van der Waals surface area (Å²) in [5, 5.41) is 10.9. The monoisotopic (exact) mass is 1040 g/mol. The van der Waals surface area contributed by atoms with Crippen LogP contribution in [0.3, 0.4) is 0 Å². The number of alkyl halides is 2. The first kappa shape index (κ1) is 44.8. The molecule has 0 aromatic heterocycles. The number of aryl methyl sites for hydroxylation is 2. The molecular formula is C44H40Br2Cl4N2O5S2. The van der Waals surface area contributed by atoms with Gasteiger partial charge in [0.15, 0.2) is 22.8 Å². The van der Waals surface area contributed by atoms with Crippen molar-refractivity contribution in [3.05, 3.63) is 137 Å². The molecule has 0 amide bonds. The van der Waals surface area contributed by atoms with Gasteiger partial charge in [-0.2, -0.15) is 11.8 Å². The summed E-state index contributed by atoms with van der Waals surface area (Å²) in [4.78, 5) is 36.5. The van der Waals surface area contributed by atoms with Gasteiger partial charge in [-0.1, -0.05) is 113 Å². The van der Waals surface area contributed by atoms with E-state index in [1.807, 2.05) is 100 Å². The molecule has 0 bridgehead atoms. The number of carbonyl (C=O) groups excluding carboxylic acids is 2. The fourth-order valence-electron chi connectivity index (χ4n) is 7.49. The molecule has 4 aromatic carbocycles. The Hall–Kier alpha value is -2.22. The number of halogens is 6. The van der Waals surface area contributed by atoms with E-state index >= 15 is 0 Å². The SMILES string of the molecule is Cc1cc(C2=NOC(C)(c3cc(Cl)cc(Cl)c3)C2Br)ccc1C(=O)CC1CS(=O)C1.Cc1cc(C2=NOC(C)(c3cc(Cl)cc(Cl)c3)C2Br)ccc1C(=O)CC1CSC1. The minimum absolute atomic E-state index is 0.0964. The first-order chi connectivity index (χ1) is 27.9. The highest BCUT2D eigenvalue weighted by Crippen LogP contribution is 2.44. The van der Waals surface area contributed by atoms with Crippen molar-refractivity contribution in [2.45, 2.75) is 61.4 Å². The molecule has 0 saturated carbocycles. The molecule has 4 aliphatic rings. The summed E-state index contributed by atoms with van der Waals surface area (Å²) >= 11 is 34.1. The number of carbonyl (C=O) groups is 2. The van der Waals surface area contributed by atoms with Crippen LogP contribution in [0.4, 0.5) is 0 Å². The van der Waals surface area contributed by atoms with E-state index in [9.17, 15) is 13.8 Å². The van der Waals surface area contributed by atoms with Gasteiger partial charge in [0.25, 0.3) is 0 Å². The Morgan fingerprint density at radius 2 is 1.07 bits per heavy atom. The molecule has 4 aliphatic heterocycles. The normalized spacial score (nSPS) is 26.0. The number of hydrogen-bond donors (Lipinski definition) is 0. The molecule has 0 aliphatic carbocycles. The van der Waals surface area contributed by atoms with E-state index < -0.39 is 22.0 Å². The molecule has 2 fully saturated rings. The second-order valence-electron chi connectivity index (χ2n) is 15.7. The maximum atomic E-state index is 12.6. The molecule has 4 heterocycles. The zero-order valence-electron chi connectivity index (χ0n) is 32.5. The van der Waals surface area contributed by atoms with Crippen molar-refractivity contribution in [2.24, 2.45) is 22.1 Å². The van der Waals surface area contributed by atoms with Gasteiger partial charge >= 0.3 is 0 Å². The number of oxime groups is 2. The van der Waals surface area contributed by atoms with Crippen molar-refractivity contribution >= 4 is 124 Å². The van der Waals surface area contributed by atoms with Crippen molar-refractivity contribution < 1.29 is 23.5 Å². The van der Waals surface area contributed by atoms with Crippen molar-refractivity contribution in [1.29, 1.82) is 0 Å². The number of hydrogen-bond acceptors (Lipinski definition) is 8. The fraction of sp³-hybridized carbons (Fsp3) is 0.364. The van der Waals surface area contributed by atoms with E-state index in [0.717, 1.165) is 61.9 Å². The highest BCUT2D eigenvalue weighted by molar-refractivity contribution is 9.10. The first-order valence-electron chi connectivity index (χ1n) is 18.9. The molecule has 15 heteroatoms. The molecule has 310 valence electrons. The molecule has 2 saturated heterocycles. The lowest BCUT2D eigenvalue weighted by Gasteiger charge is -2.27. The van der Waals surface area contributed by atoms with Gasteiger partial charge in [0, 0.05) is 88.6 Å². The number of Topliss-reactive ketones (excluding diaryl/α,β-unsaturated/α-hetero) is 2. The highest BCUT2D eigenvalue weighted by atomic mass is 79.9. The van der Waals surface area contributed by atoms with E-state index in [1.165, 1.54) is 0 Å². The second-order valence-corrected chi connectivity index (χ2v) is 21.9. The molecule has 8 rings (SSSR count). The van der Waals surface area contributed by atoms with Crippen molar-refractivity contribution in [2.75, 3.05) is 23.0 Å². The molecule has 59 heavy (non-hydrogen) atoms. The second kappa shape index (κ2) is 18.2. The molecule has 0 radical (unpaired) electrons. The van der Waals surface area contributed by atoms with Crippen LogP contribution in [0.5, 0.6) is 0 Å². The van der Waals surface area contributed by atoms with Crippen LogP contribution in [0.15, 0.2) is 83.1 Å². The largest absolute Gasteiger partial charge is 0.383 e. The van der Waals surface area contributed by atoms with Crippen LogP contribution in [-0.2, 0) is 31.7 Å². The van der Waals surface area contributed by atoms with E-state index in [0.29, 0.717) is 55.9 Å². The van der Waals surface area contributed by atoms with Crippen molar-refractivity contribution in [1.82, 2.24) is 0 Å². The quantitative estimate of drug-likeness (QED) is 0.116. The summed E-state index contributed by atoms with van der Waals surface area (Å²) in [6.07, 6.45) is 1.08. The van der Waals surface area contributed by atoms with Gasteiger partial charge in [-0.05, 0) is 111 Å². The van der Waals surface area contributed by atoms with Gasteiger partial charge in [-0.25, -0.2) is 0 Å². The molecule has 7 nitrogen and oxygen atoms in total.